The van der Waals surface area contributed by atoms with E-state index in [2.05, 4.69) is 12.2 Å². The van der Waals surface area contributed by atoms with Crippen molar-refractivity contribution in [2.75, 3.05) is 12.3 Å². The van der Waals surface area contributed by atoms with Crippen molar-refractivity contribution in [3.8, 4) is 0 Å². The van der Waals surface area contributed by atoms with Crippen molar-refractivity contribution in [1.82, 2.24) is 5.32 Å². The van der Waals surface area contributed by atoms with Crippen molar-refractivity contribution >= 4 is 16.9 Å². The van der Waals surface area contributed by atoms with Gasteiger partial charge in [0.2, 0.25) is 0 Å². The van der Waals surface area contributed by atoms with E-state index in [9.17, 15) is 0 Å². The number of hydrogen-bond donors (Lipinski definition) is 1. The van der Waals surface area contributed by atoms with Crippen LogP contribution in [0.25, 0.3) is 0 Å². The number of rotatable bonds is 4. The molecule has 3 aliphatic rings. The summed E-state index contributed by atoms with van der Waals surface area (Å²) in [6.45, 7) is 3.34. The molecule has 15 heavy (non-hydrogen) atoms. The molecule has 1 aliphatic heterocycles. The summed E-state index contributed by atoms with van der Waals surface area (Å²) in [5, 5.41) is 4.73. The topological polar surface area (TPSA) is 24.4 Å². The molecule has 0 radical (unpaired) electrons. The summed E-state index contributed by atoms with van der Waals surface area (Å²) in [5.74, 6) is 2.25. The first kappa shape index (κ1) is 10.0. The Morgan fingerprint density at radius 1 is 1.47 bits per heavy atom. The van der Waals surface area contributed by atoms with Crippen molar-refractivity contribution in [3.63, 3.8) is 0 Å². The van der Waals surface area contributed by atoms with Crippen LogP contribution in [0.2, 0.25) is 0 Å². The van der Waals surface area contributed by atoms with Crippen LogP contribution in [0.1, 0.15) is 39.0 Å². The fourth-order valence-electron chi connectivity index (χ4n) is 2.53. The highest BCUT2D eigenvalue weighted by Crippen LogP contribution is 2.61. The van der Waals surface area contributed by atoms with Crippen LogP contribution in [0.4, 0.5) is 0 Å². The maximum atomic E-state index is 4.79. The molecule has 0 amide bonds. The molecule has 1 saturated heterocycles. The SMILES string of the molecule is CCC1CSC(=NCC2(C3CC3)CC2)N1. The molecule has 1 heterocycles. The summed E-state index contributed by atoms with van der Waals surface area (Å²) in [7, 11) is 0. The van der Waals surface area contributed by atoms with E-state index in [1.807, 2.05) is 11.8 Å². The molecule has 1 unspecified atom stereocenters. The predicted molar refractivity (Wildman–Crippen MR) is 66.4 cm³/mol. The molecule has 1 N–H and O–H groups in total. The van der Waals surface area contributed by atoms with Crippen molar-refractivity contribution < 1.29 is 0 Å². The van der Waals surface area contributed by atoms with Gasteiger partial charge in [0.05, 0.1) is 0 Å². The van der Waals surface area contributed by atoms with Crippen molar-refractivity contribution in [2.45, 2.75) is 45.1 Å². The van der Waals surface area contributed by atoms with E-state index >= 15 is 0 Å². The van der Waals surface area contributed by atoms with Gasteiger partial charge >= 0.3 is 0 Å². The highest BCUT2D eigenvalue weighted by atomic mass is 32.2. The van der Waals surface area contributed by atoms with Crippen LogP contribution >= 0.6 is 11.8 Å². The zero-order valence-corrected chi connectivity index (χ0v) is 10.3. The highest BCUT2D eigenvalue weighted by Gasteiger charge is 2.53. The Labute approximate surface area is 96.3 Å². The van der Waals surface area contributed by atoms with E-state index in [4.69, 9.17) is 4.99 Å². The molecule has 0 aromatic carbocycles. The zero-order valence-electron chi connectivity index (χ0n) is 9.46. The molecule has 0 spiro atoms. The van der Waals surface area contributed by atoms with Crippen molar-refractivity contribution in [3.05, 3.63) is 0 Å². The summed E-state index contributed by atoms with van der Waals surface area (Å²) in [5.41, 5.74) is 0.666. The van der Waals surface area contributed by atoms with E-state index in [0.717, 1.165) is 12.5 Å². The number of amidine groups is 1. The normalized spacial score (nSPS) is 35.5. The fourth-order valence-corrected chi connectivity index (χ4v) is 3.61. The first-order chi connectivity index (χ1) is 7.32. The molecular formula is C12H20N2S. The molecule has 84 valence electrons. The van der Waals surface area contributed by atoms with Crippen LogP contribution < -0.4 is 5.32 Å². The van der Waals surface area contributed by atoms with Crippen LogP contribution in [-0.2, 0) is 0 Å². The lowest BCUT2D eigenvalue weighted by Crippen LogP contribution is -2.26. The van der Waals surface area contributed by atoms with Crippen molar-refractivity contribution in [1.29, 1.82) is 0 Å². The van der Waals surface area contributed by atoms with Gasteiger partial charge in [-0.3, -0.25) is 4.99 Å². The average molecular weight is 224 g/mol. The Kier molecular flexibility index (Phi) is 2.46. The highest BCUT2D eigenvalue weighted by molar-refractivity contribution is 8.14. The number of nitrogens with zero attached hydrogens (tertiary/aromatic N) is 1. The lowest BCUT2D eigenvalue weighted by atomic mass is 10.0. The number of hydrogen-bond acceptors (Lipinski definition) is 2. The Hall–Kier alpha value is -0.180. The smallest absolute Gasteiger partial charge is 0.156 e. The van der Waals surface area contributed by atoms with Gasteiger partial charge in [0, 0.05) is 18.3 Å². The van der Waals surface area contributed by atoms with Gasteiger partial charge in [0.15, 0.2) is 5.17 Å². The van der Waals surface area contributed by atoms with E-state index in [-0.39, 0.29) is 0 Å². The molecule has 2 nitrogen and oxygen atoms in total. The van der Waals surface area contributed by atoms with Gasteiger partial charge in [0.25, 0.3) is 0 Å². The second-order valence-electron chi connectivity index (χ2n) is 5.32. The minimum Gasteiger partial charge on any atom is -0.361 e. The molecule has 0 aromatic rings. The Balaban J connectivity index is 1.54. The summed E-state index contributed by atoms with van der Waals surface area (Å²) < 4.78 is 0. The van der Waals surface area contributed by atoms with Crippen LogP contribution in [-0.4, -0.2) is 23.5 Å². The Morgan fingerprint density at radius 2 is 2.27 bits per heavy atom. The maximum absolute atomic E-state index is 4.79. The third-order valence-corrected chi connectivity index (χ3v) is 5.20. The third kappa shape index (κ3) is 2.03. The Morgan fingerprint density at radius 3 is 2.80 bits per heavy atom. The lowest BCUT2D eigenvalue weighted by molar-refractivity contribution is 0.453. The molecule has 3 rings (SSSR count). The van der Waals surface area contributed by atoms with Gasteiger partial charge < -0.3 is 5.32 Å². The molecule has 3 heteroatoms. The second-order valence-corrected chi connectivity index (χ2v) is 6.33. The average Bonchev–Trinajstić information content (AvgIpc) is 3.13. The van der Waals surface area contributed by atoms with Gasteiger partial charge in [-0.1, -0.05) is 18.7 Å². The molecule has 3 fully saturated rings. The summed E-state index contributed by atoms with van der Waals surface area (Å²) >= 11 is 1.91. The van der Waals surface area contributed by atoms with Crippen LogP contribution in [0.3, 0.4) is 0 Å². The molecule has 2 saturated carbocycles. The largest absolute Gasteiger partial charge is 0.361 e. The summed E-state index contributed by atoms with van der Waals surface area (Å²) in [6, 6.07) is 0.671. The van der Waals surface area contributed by atoms with Gasteiger partial charge in [-0.2, -0.15) is 0 Å². The molecule has 0 aromatic heterocycles. The number of nitrogens with one attached hydrogen (secondary N) is 1. The molecule has 2 aliphatic carbocycles. The number of thioether (sulfide) groups is 1. The number of aliphatic imine (C=N–C) groups is 1. The van der Waals surface area contributed by atoms with E-state index < -0.39 is 0 Å². The van der Waals surface area contributed by atoms with E-state index in [1.54, 1.807) is 0 Å². The molecular weight excluding hydrogens is 204 g/mol. The predicted octanol–water partition coefficient (Wildman–Crippen LogP) is 2.65. The van der Waals surface area contributed by atoms with E-state index in [0.29, 0.717) is 11.5 Å². The van der Waals surface area contributed by atoms with E-state index in [1.165, 1.54) is 43.0 Å². The maximum Gasteiger partial charge on any atom is 0.156 e. The van der Waals surface area contributed by atoms with Crippen LogP contribution in [0, 0.1) is 11.3 Å². The van der Waals surface area contributed by atoms with Crippen molar-refractivity contribution in [2.24, 2.45) is 16.3 Å². The van der Waals surface area contributed by atoms with Crippen LogP contribution in [0.15, 0.2) is 4.99 Å². The van der Waals surface area contributed by atoms with Crippen LogP contribution in [0.5, 0.6) is 0 Å². The summed E-state index contributed by atoms with van der Waals surface area (Å²) in [4.78, 5) is 4.79. The molecule has 1 atom stereocenters. The summed E-state index contributed by atoms with van der Waals surface area (Å²) in [6.07, 6.45) is 7.05. The molecule has 0 bridgehead atoms. The second kappa shape index (κ2) is 3.69. The lowest BCUT2D eigenvalue weighted by Gasteiger charge is -2.11. The van der Waals surface area contributed by atoms with Gasteiger partial charge in [-0.05, 0) is 43.4 Å². The first-order valence-electron chi connectivity index (χ1n) is 6.26. The fraction of sp³-hybridized carbons (Fsp3) is 0.917. The standard InChI is InChI=1S/C12H20N2S/c1-2-10-7-15-11(14-10)13-8-12(5-6-12)9-3-4-9/h9-10H,2-8H2,1H3,(H,13,14). The zero-order chi connectivity index (χ0) is 10.3. The third-order valence-electron chi connectivity index (χ3n) is 4.11. The van der Waals surface area contributed by atoms with Gasteiger partial charge in [-0.15, -0.1) is 0 Å². The minimum absolute atomic E-state index is 0.666. The monoisotopic (exact) mass is 224 g/mol. The minimum atomic E-state index is 0.666. The van der Waals surface area contributed by atoms with Gasteiger partial charge in [0.1, 0.15) is 0 Å². The van der Waals surface area contributed by atoms with Gasteiger partial charge in [-0.25, -0.2) is 0 Å². The first-order valence-corrected chi connectivity index (χ1v) is 7.25. The Bertz CT molecular complexity index is 279. The quantitative estimate of drug-likeness (QED) is 0.794.